The van der Waals surface area contributed by atoms with E-state index in [2.05, 4.69) is 18.0 Å². The molecule has 0 aliphatic heterocycles. The molecule has 0 bridgehead atoms. The number of nitrogen functional groups attached to an aromatic ring is 1. The van der Waals surface area contributed by atoms with E-state index in [9.17, 15) is 5.26 Å². The maximum absolute atomic E-state index is 9.53. The van der Waals surface area contributed by atoms with Crippen LogP contribution in [0, 0.1) is 17.2 Å². The van der Waals surface area contributed by atoms with E-state index in [0.29, 0.717) is 17.3 Å². The highest BCUT2D eigenvalue weighted by atomic mass is 16.5. The first kappa shape index (κ1) is 14.4. The molecule has 112 valence electrons. The molecule has 0 radical (unpaired) electrons. The van der Waals surface area contributed by atoms with Crippen molar-refractivity contribution >= 4 is 5.82 Å². The Bertz CT molecular complexity index is 744. The summed E-state index contributed by atoms with van der Waals surface area (Å²) in [7, 11) is 1.64. The van der Waals surface area contributed by atoms with Crippen molar-refractivity contribution < 1.29 is 4.74 Å². The Hall–Kier alpha value is -2.54. The lowest BCUT2D eigenvalue weighted by molar-refractivity contribution is 0.415. The Kier molecular flexibility index (Phi) is 3.72. The Labute approximate surface area is 130 Å². The summed E-state index contributed by atoms with van der Waals surface area (Å²) in [5, 5.41) is 9.53. The fourth-order valence-electron chi connectivity index (χ4n) is 3.14. The molecule has 4 nitrogen and oxygen atoms in total. The van der Waals surface area contributed by atoms with Gasteiger partial charge >= 0.3 is 0 Å². The van der Waals surface area contributed by atoms with Crippen LogP contribution in [0.1, 0.15) is 30.2 Å². The molecule has 1 aliphatic rings. The van der Waals surface area contributed by atoms with Crippen molar-refractivity contribution in [2.75, 3.05) is 12.8 Å². The van der Waals surface area contributed by atoms with Crippen LogP contribution in [-0.4, -0.2) is 12.1 Å². The molecule has 0 unspecified atom stereocenters. The molecule has 0 fully saturated rings. The third kappa shape index (κ3) is 2.39. The van der Waals surface area contributed by atoms with Crippen LogP contribution >= 0.6 is 0 Å². The number of methoxy groups -OCH3 is 1. The van der Waals surface area contributed by atoms with Gasteiger partial charge in [0.05, 0.1) is 7.11 Å². The number of nitrogens with zero attached hydrogens (tertiary/aromatic N) is 2. The monoisotopic (exact) mass is 293 g/mol. The van der Waals surface area contributed by atoms with E-state index in [1.54, 1.807) is 7.11 Å². The number of benzene rings is 1. The Balaban J connectivity index is 2.23. The largest absolute Gasteiger partial charge is 0.497 e. The first-order chi connectivity index (χ1) is 10.6. The highest BCUT2D eigenvalue weighted by Gasteiger charge is 2.24. The van der Waals surface area contributed by atoms with Crippen molar-refractivity contribution in [2.24, 2.45) is 5.92 Å². The first-order valence-corrected chi connectivity index (χ1v) is 7.49. The van der Waals surface area contributed by atoms with Gasteiger partial charge in [0.1, 0.15) is 23.2 Å². The van der Waals surface area contributed by atoms with Crippen molar-refractivity contribution in [1.29, 1.82) is 5.26 Å². The molecule has 3 rings (SSSR count). The average Bonchev–Trinajstić information content (AvgIpc) is 2.54. The fourth-order valence-corrected chi connectivity index (χ4v) is 3.14. The number of pyridine rings is 1. The van der Waals surface area contributed by atoms with Gasteiger partial charge in [-0.1, -0.05) is 19.1 Å². The summed E-state index contributed by atoms with van der Waals surface area (Å²) in [6.07, 6.45) is 2.99. The molecule has 1 aromatic heterocycles. The molecule has 0 amide bonds. The number of nitriles is 1. The average molecular weight is 293 g/mol. The Morgan fingerprint density at radius 1 is 1.32 bits per heavy atom. The van der Waals surface area contributed by atoms with Crippen LogP contribution in [0.15, 0.2) is 24.3 Å². The van der Waals surface area contributed by atoms with Crippen LogP contribution in [0.4, 0.5) is 5.82 Å². The van der Waals surface area contributed by atoms with Gasteiger partial charge in [0.25, 0.3) is 0 Å². The smallest absolute Gasteiger partial charge is 0.142 e. The lowest BCUT2D eigenvalue weighted by atomic mass is 9.82. The number of aromatic nitrogens is 1. The molecule has 0 saturated carbocycles. The molecule has 2 N–H and O–H groups in total. The van der Waals surface area contributed by atoms with E-state index >= 15 is 0 Å². The molecule has 2 aromatic rings. The summed E-state index contributed by atoms with van der Waals surface area (Å²) < 4.78 is 5.21. The molecule has 0 spiro atoms. The zero-order valence-electron chi connectivity index (χ0n) is 12.9. The molecular formula is C18H19N3O. The van der Waals surface area contributed by atoms with E-state index in [1.807, 2.05) is 24.3 Å². The number of anilines is 1. The summed E-state index contributed by atoms with van der Waals surface area (Å²) in [5.74, 6) is 1.73. The van der Waals surface area contributed by atoms with Gasteiger partial charge in [0.15, 0.2) is 0 Å². The summed E-state index contributed by atoms with van der Waals surface area (Å²) in [5.41, 5.74) is 10.7. The van der Waals surface area contributed by atoms with Crippen LogP contribution in [-0.2, 0) is 12.8 Å². The molecule has 1 aromatic carbocycles. The number of aryl methyl sites for hydroxylation is 1. The third-order valence-electron chi connectivity index (χ3n) is 4.33. The van der Waals surface area contributed by atoms with Crippen LogP contribution in [0.25, 0.3) is 11.1 Å². The molecule has 22 heavy (non-hydrogen) atoms. The van der Waals surface area contributed by atoms with Crippen LogP contribution < -0.4 is 10.5 Å². The lowest BCUT2D eigenvalue weighted by Gasteiger charge is -2.25. The van der Waals surface area contributed by atoms with Gasteiger partial charge in [-0.25, -0.2) is 4.98 Å². The predicted molar refractivity (Wildman–Crippen MR) is 86.5 cm³/mol. The quantitative estimate of drug-likeness (QED) is 0.921. The third-order valence-corrected chi connectivity index (χ3v) is 4.33. The van der Waals surface area contributed by atoms with Crippen molar-refractivity contribution in [2.45, 2.75) is 26.2 Å². The number of rotatable bonds is 2. The minimum Gasteiger partial charge on any atom is -0.497 e. The van der Waals surface area contributed by atoms with Crippen molar-refractivity contribution in [3.8, 4) is 22.9 Å². The van der Waals surface area contributed by atoms with E-state index in [1.165, 1.54) is 5.56 Å². The number of hydrogen-bond acceptors (Lipinski definition) is 4. The van der Waals surface area contributed by atoms with Crippen molar-refractivity contribution in [1.82, 2.24) is 4.98 Å². The van der Waals surface area contributed by atoms with E-state index in [-0.39, 0.29) is 0 Å². The molecule has 0 saturated heterocycles. The molecule has 4 heteroatoms. The maximum atomic E-state index is 9.53. The summed E-state index contributed by atoms with van der Waals surface area (Å²) in [4.78, 5) is 4.47. The Morgan fingerprint density at radius 2 is 2.05 bits per heavy atom. The summed E-state index contributed by atoms with van der Waals surface area (Å²) in [6.45, 7) is 2.24. The van der Waals surface area contributed by atoms with Gasteiger partial charge in [0.2, 0.25) is 0 Å². The Morgan fingerprint density at radius 3 is 2.68 bits per heavy atom. The highest BCUT2D eigenvalue weighted by Crippen LogP contribution is 2.37. The van der Waals surface area contributed by atoms with Gasteiger partial charge in [0, 0.05) is 11.3 Å². The molecule has 1 aliphatic carbocycles. The van der Waals surface area contributed by atoms with Gasteiger partial charge in [-0.15, -0.1) is 0 Å². The zero-order chi connectivity index (χ0) is 15.7. The van der Waals surface area contributed by atoms with Crippen molar-refractivity contribution in [3.05, 3.63) is 41.1 Å². The van der Waals surface area contributed by atoms with E-state index in [4.69, 9.17) is 10.5 Å². The predicted octanol–water partition coefficient (Wildman–Crippen LogP) is 3.34. The second-order valence-electron chi connectivity index (χ2n) is 5.86. The standard InChI is InChI=1S/C18H19N3O/c1-11-3-8-16-14(9-11)17(15(10-19)18(20)21-16)12-4-6-13(22-2)7-5-12/h4-7,11H,3,8-9H2,1-2H3,(H2,20,21)/t11-/m0/s1. The second kappa shape index (κ2) is 5.69. The second-order valence-corrected chi connectivity index (χ2v) is 5.86. The lowest BCUT2D eigenvalue weighted by Crippen LogP contribution is -2.16. The van der Waals surface area contributed by atoms with Gasteiger partial charge in [-0.05, 0) is 48.4 Å². The highest BCUT2D eigenvalue weighted by molar-refractivity contribution is 5.79. The summed E-state index contributed by atoms with van der Waals surface area (Å²) in [6, 6.07) is 10.0. The van der Waals surface area contributed by atoms with Gasteiger partial charge in [-0.2, -0.15) is 5.26 Å². The molecule has 1 heterocycles. The van der Waals surface area contributed by atoms with E-state index < -0.39 is 0 Å². The van der Waals surface area contributed by atoms with Gasteiger partial charge < -0.3 is 10.5 Å². The van der Waals surface area contributed by atoms with Crippen molar-refractivity contribution in [3.63, 3.8) is 0 Å². The fraction of sp³-hybridized carbons (Fsp3) is 0.333. The van der Waals surface area contributed by atoms with E-state index in [0.717, 1.165) is 41.8 Å². The van der Waals surface area contributed by atoms with Crippen LogP contribution in [0.3, 0.4) is 0 Å². The number of fused-ring (bicyclic) bond motifs is 1. The maximum Gasteiger partial charge on any atom is 0.142 e. The van der Waals surface area contributed by atoms with Crippen LogP contribution in [0.2, 0.25) is 0 Å². The number of hydrogen-bond donors (Lipinski definition) is 1. The topological polar surface area (TPSA) is 71.9 Å². The van der Waals surface area contributed by atoms with Crippen LogP contribution in [0.5, 0.6) is 5.75 Å². The SMILES string of the molecule is COc1ccc(-c2c(C#N)c(N)nc3c2C[C@@H](C)CC3)cc1. The number of ether oxygens (including phenoxy) is 1. The normalized spacial score (nSPS) is 16.7. The zero-order valence-corrected chi connectivity index (χ0v) is 12.9. The number of nitrogens with two attached hydrogens (primary N) is 1. The first-order valence-electron chi connectivity index (χ1n) is 7.49. The molecule has 1 atom stereocenters. The summed E-state index contributed by atoms with van der Waals surface area (Å²) >= 11 is 0. The van der Waals surface area contributed by atoms with Gasteiger partial charge in [-0.3, -0.25) is 0 Å². The minimum absolute atomic E-state index is 0.335. The molecular weight excluding hydrogens is 274 g/mol. The minimum atomic E-state index is 0.335.